The number of anilines is 1. The van der Waals surface area contributed by atoms with Crippen LogP contribution in [0.1, 0.15) is 6.42 Å². The molecule has 1 aliphatic rings. The van der Waals surface area contributed by atoms with Crippen molar-refractivity contribution in [2.45, 2.75) is 12.0 Å². The normalized spacial score (nSPS) is 23.4. The summed E-state index contributed by atoms with van der Waals surface area (Å²) >= 11 is 0. The van der Waals surface area contributed by atoms with E-state index in [2.05, 4.69) is 10.3 Å². The molecule has 2 N–H and O–H groups in total. The summed E-state index contributed by atoms with van der Waals surface area (Å²) in [6.45, 7) is 1.54. The van der Waals surface area contributed by atoms with Crippen LogP contribution in [0.2, 0.25) is 0 Å². The zero-order valence-electron chi connectivity index (χ0n) is 10.1. The van der Waals surface area contributed by atoms with Gasteiger partial charge in [-0.3, -0.25) is 4.98 Å². The van der Waals surface area contributed by atoms with Crippen molar-refractivity contribution in [1.82, 2.24) is 4.98 Å². The molecule has 0 aliphatic carbocycles. The largest absolute Gasteiger partial charge is 0.386 e. The van der Waals surface area contributed by atoms with Gasteiger partial charge in [-0.15, -0.1) is 0 Å². The summed E-state index contributed by atoms with van der Waals surface area (Å²) in [7, 11) is 0. The third-order valence-corrected chi connectivity index (χ3v) is 3.34. The molecule has 1 saturated heterocycles. The molecule has 1 atom stereocenters. The Morgan fingerprint density at radius 3 is 3.06 bits per heavy atom. The molecule has 0 bridgehead atoms. The number of aliphatic hydroxyl groups is 1. The Morgan fingerprint density at radius 1 is 1.33 bits per heavy atom. The summed E-state index contributed by atoms with van der Waals surface area (Å²) in [5.41, 5.74) is 1.21. The molecule has 1 unspecified atom stereocenters. The zero-order chi connectivity index (χ0) is 12.4. The van der Waals surface area contributed by atoms with Crippen LogP contribution >= 0.6 is 0 Å². The van der Waals surface area contributed by atoms with Gasteiger partial charge < -0.3 is 15.2 Å². The van der Waals surface area contributed by atoms with Gasteiger partial charge in [0.2, 0.25) is 0 Å². The third-order valence-electron chi connectivity index (χ3n) is 3.34. The van der Waals surface area contributed by atoms with Crippen LogP contribution in [0.25, 0.3) is 10.9 Å². The van der Waals surface area contributed by atoms with Crippen molar-refractivity contribution in [2.75, 3.05) is 25.1 Å². The lowest BCUT2D eigenvalue weighted by atomic mass is 10.0. The fraction of sp³-hybridized carbons (Fsp3) is 0.357. The molecule has 0 saturated carbocycles. The fourth-order valence-corrected chi connectivity index (χ4v) is 2.25. The predicted octanol–water partition coefficient (Wildman–Crippen LogP) is 1.80. The molecule has 4 nitrogen and oxygen atoms in total. The van der Waals surface area contributed by atoms with Crippen LogP contribution in [0, 0.1) is 0 Å². The van der Waals surface area contributed by atoms with Gasteiger partial charge in [-0.1, -0.05) is 18.2 Å². The van der Waals surface area contributed by atoms with Crippen LogP contribution in [0.15, 0.2) is 36.5 Å². The Morgan fingerprint density at radius 2 is 2.22 bits per heavy atom. The SMILES string of the molecule is OC1(CNc2ccnc3ccccc23)CCOC1. The second-order valence-corrected chi connectivity index (χ2v) is 4.76. The number of aromatic nitrogens is 1. The van der Waals surface area contributed by atoms with Gasteiger partial charge in [0.05, 0.1) is 12.1 Å². The highest BCUT2D eigenvalue weighted by Crippen LogP contribution is 2.23. The molecule has 94 valence electrons. The van der Waals surface area contributed by atoms with Crippen LogP contribution < -0.4 is 5.32 Å². The molecule has 2 aromatic rings. The number of nitrogens with zero attached hydrogens (tertiary/aromatic N) is 1. The van der Waals surface area contributed by atoms with E-state index in [0.717, 1.165) is 16.6 Å². The number of fused-ring (bicyclic) bond motifs is 1. The summed E-state index contributed by atoms with van der Waals surface area (Å²) in [5, 5.41) is 14.6. The average molecular weight is 244 g/mol. The Labute approximate surface area is 106 Å². The Balaban J connectivity index is 1.82. The maximum Gasteiger partial charge on any atom is 0.107 e. The highest BCUT2D eigenvalue weighted by Gasteiger charge is 2.31. The van der Waals surface area contributed by atoms with Gasteiger partial charge in [0.15, 0.2) is 0 Å². The molecule has 0 spiro atoms. The number of hydrogen-bond donors (Lipinski definition) is 2. The minimum atomic E-state index is -0.746. The van der Waals surface area contributed by atoms with Gasteiger partial charge in [-0.25, -0.2) is 0 Å². The van der Waals surface area contributed by atoms with Gasteiger partial charge in [0.25, 0.3) is 0 Å². The molecule has 1 aromatic carbocycles. The smallest absolute Gasteiger partial charge is 0.107 e. The van der Waals surface area contributed by atoms with E-state index in [1.165, 1.54) is 0 Å². The van der Waals surface area contributed by atoms with Crippen molar-refractivity contribution >= 4 is 16.6 Å². The van der Waals surface area contributed by atoms with E-state index in [1.54, 1.807) is 6.20 Å². The second kappa shape index (κ2) is 4.55. The maximum absolute atomic E-state index is 10.2. The standard InChI is InChI=1S/C14H16N2O2/c17-14(6-8-18-10-14)9-16-13-5-7-15-12-4-2-1-3-11(12)13/h1-5,7,17H,6,8-10H2,(H,15,16). The first-order valence-electron chi connectivity index (χ1n) is 6.15. The quantitative estimate of drug-likeness (QED) is 0.864. The predicted molar refractivity (Wildman–Crippen MR) is 70.6 cm³/mol. The maximum atomic E-state index is 10.2. The van der Waals surface area contributed by atoms with E-state index in [4.69, 9.17) is 4.74 Å². The third kappa shape index (κ3) is 2.17. The number of hydrogen-bond acceptors (Lipinski definition) is 4. The number of ether oxygens (including phenoxy) is 1. The molecule has 2 heterocycles. The van der Waals surface area contributed by atoms with Crippen molar-refractivity contribution in [3.63, 3.8) is 0 Å². The van der Waals surface area contributed by atoms with Crippen LogP contribution in [-0.2, 0) is 4.74 Å². The number of benzene rings is 1. The molecule has 3 rings (SSSR count). The summed E-state index contributed by atoms with van der Waals surface area (Å²) < 4.78 is 5.23. The first kappa shape index (κ1) is 11.4. The van der Waals surface area contributed by atoms with E-state index in [-0.39, 0.29) is 0 Å². The van der Waals surface area contributed by atoms with E-state index in [0.29, 0.717) is 26.2 Å². The lowest BCUT2D eigenvalue weighted by molar-refractivity contribution is 0.0382. The van der Waals surface area contributed by atoms with Gasteiger partial charge in [0.1, 0.15) is 5.60 Å². The molecule has 18 heavy (non-hydrogen) atoms. The fourth-order valence-electron chi connectivity index (χ4n) is 2.25. The van der Waals surface area contributed by atoms with Crippen molar-refractivity contribution in [3.8, 4) is 0 Å². The van der Waals surface area contributed by atoms with Crippen LogP contribution in [-0.4, -0.2) is 35.5 Å². The molecule has 1 aliphatic heterocycles. The monoisotopic (exact) mass is 244 g/mol. The topological polar surface area (TPSA) is 54.4 Å². The Bertz CT molecular complexity index is 545. The van der Waals surface area contributed by atoms with E-state index in [1.807, 2.05) is 30.3 Å². The molecule has 0 amide bonds. The first-order valence-corrected chi connectivity index (χ1v) is 6.15. The molecule has 4 heteroatoms. The molecule has 1 aromatic heterocycles. The lowest BCUT2D eigenvalue weighted by Crippen LogP contribution is -2.37. The van der Waals surface area contributed by atoms with Gasteiger partial charge >= 0.3 is 0 Å². The summed E-state index contributed by atoms with van der Waals surface area (Å²) in [4.78, 5) is 4.31. The number of nitrogens with one attached hydrogen (secondary N) is 1. The lowest BCUT2D eigenvalue weighted by Gasteiger charge is -2.21. The summed E-state index contributed by atoms with van der Waals surface area (Å²) in [6.07, 6.45) is 2.46. The number of pyridine rings is 1. The minimum Gasteiger partial charge on any atom is -0.386 e. The zero-order valence-corrected chi connectivity index (χ0v) is 10.1. The summed E-state index contributed by atoms with van der Waals surface area (Å²) in [5.74, 6) is 0. The van der Waals surface area contributed by atoms with Crippen LogP contribution in [0.4, 0.5) is 5.69 Å². The number of rotatable bonds is 3. The number of para-hydroxylation sites is 1. The Kier molecular flexibility index (Phi) is 2.89. The second-order valence-electron chi connectivity index (χ2n) is 4.76. The van der Waals surface area contributed by atoms with E-state index < -0.39 is 5.60 Å². The highest BCUT2D eigenvalue weighted by molar-refractivity contribution is 5.90. The summed E-state index contributed by atoms with van der Waals surface area (Å²) in [6, 6.07) is 9.90. The highest BCUT2D eigenvalue weighted by atomic mass is 16.5. The van der Waals surface area contributed by atoms with Gasteiger partial charge in [-0.2, -0.15) is 0 Å². The van der Waals surface area contributed by atoms with Crippen LogP contribution in [0.5, 0.6) is 0 Å². The van der Waals surface area contributed by atoms with Crippen LogP contribution in [0.3, 0.4) is 0 Å². The molecular formula is C14H16N2O2. The van der Waals surface area contributed by atoms with Crippen molar-refractivity contribution in [3.05, 3.63) is 36.5 Å². The molecular weight excluding hydrogens is 228 g/mol. The van der Waals surface area contributed by atoms with Crippen molar-refractivity contribution in [2.24, 2.45) is 0 Å². The van der Waals surface area contributed by atoms with Gasteiger partial charge in [0, 0.05) is 36.8 Å². The first-order chi connectivity index (χ1) is 8.77. The van der Waals surface area contributed by atoms with Gasteiger partial charge in [-0.05, 0) is 12.1 Å². The minimum absolute atomic E-state index is 0.406. The van der Waals surface area contributed by atoms with E-state index >= 15 is 0 Å². The van der Waals surface area contributed by atoms with E-state index in [9.17, 15) is 5.11 Å². The van der Waals surface area contributed by atoms with Crippen molar-refractivity contribution in [1.29, 1.82) is 0 Å². The molecule has 1 fully saturated rings. The Hall–Kier alpha value is -1.65. The van der Waals surface area contributed by atoms with Crippen molar-refractivity contribution < 1.29 is 9.84 Å². The average Bonchev–Trinajstić information content (AvgIpc) is 2.84. The molecule has 0 radical (unpaired) electrons.